The number of carbonyl (C=O) groups excluding carboxylic acids is 1. The fourth-order valence-corrected chi connectivity index (χ4v) is 2.78. The summed E-state index contributed by atoms with van der Waals surface area (Å²) in [6.45, 7) is 1.87. The van der Waals surface area contributed by atoms with Gasteiger partial charge in [0, 0.05) is 33.6 Å². The van der Waals surface area contributed by atoms with E-state index in [1.165, 1.54) is 0 Å². The van der Waals surface area contributed by atoms with E-state index in [1.807, 2.05) is 24.4 Å². The summed E-state index contributed by atoms with van der Waals surface area (Å²) >= 11 is 5.94. The van der Waals surface area contributed by atoms with E-state index in [1.54, 1.807) is 0 Å². The molecule has 0 unspecified atom stereocenters. The van der Waals surface area contributed by atoms with E-state index in [4.69, 9.17) is 11.6 Å². The number of halogens is 1. The second-order valence-electron chi connectivity index (χ2n) is 4.78. The van der Waals surface area contributed by atoms with Gasteiger partial charge in [0.15, 0.2) is 5.78 Å². The summed E-state index contributed by atoms with van der Waals surface area (Å²) in [6, 6.07) is 5.61. The lowest BCUT2D eigenvalue weighted by Gasteiger charge is -2.21. The van der Waals surface area contributed by atoms with Crippen molar-refractivity contribution in [3.63, 3.8) is 0 Å². The summed E-state index contributed by atoms with van der Waals surface area (Å²) in [5.41, 5.74) is 1.73. The van der Waals surface area contributed by atoms with Gasteiger partial charge in [-0.3, -0.25) is 4.79 Å². The standard InChI is InChI=1S/C14H15ClN2O/c15-10-1-2-11-12(8-17-13(11)7-10)14(18)9-3-5-16-6-4-9/h1-2,7-9,16-17H,3-6H2. The summed E-state index contributed by atoms with van der Waals surface area (Å²) in [7, 11) is 0. The van der Waals surface area contributed by atoms with Gasteiger partial charge in [0.05, 0.1) is 0 Å². The summed E-state index contributed by atoms with van der Waals surface area (Å²) in [5.74, 6) is 0.408. The minimum atomic E-state index is 0.154. The Bertz CT molecular complexity index is 584. The number of piperidine rings is 1. The van der Waals surface area contributed by atoms with Crippen LogP contribution >= 0.6 is 11.6 Å². The van der Waals surface area contributed by atoms with Crippen molar-refractivity contribution in [3.05, 3.63) is 35.0 Å². The van der Waals surface area contributed by atoms with Crippen LogP contribution in [0, 0.1) is 5.92 Å². The number of benzene rings is 1. The van der Waals surface area contributed by atoms with Crippen molar-refractivity contribution in [2.75, 3.05) is 13.1 Å². The van der Waals surface area contributed by atoms with E-state index in [2.05, 4.69) is 10.3 Å². The van der Waals surface area contributed by atoms with Gasteiger partial charge in [0.1, 0.15) is 0 Å². The van der Waals surface area contributed by atoms with E-state index < -0.39 is 0 Å². The van der Waals surface area contributed by atoms with Crippen LogP contribution in [0.5, 0.6) is 0 Å². The maximum atomic E-state index is 12.5. The third-order valence-corrected chi connectivity index (χ3v) is 3.85. The largest absolute Gasteiger partial charge is 0.360 e. The molecule has 0 aliphatic carbocycles. The number of aromatic nitrogens is 1. The molecule has 2 aromatic rings. The lowest BCUT2D eigenvalue weighted by atomic mass is 9.89. The van der Waals surface area contributed by atoms with E-state index in [0.29, 0.717) is 5.02 Å². The molecule has 18 heavy (non-hydrogen) atoms. The Morgan fingerprint density at radius 2 is 2.06 bits per heavy atom. The number of fused-ring (bicyclic) bond motifs is 1. The lowest BCUT2D eigenvalue weighted by Crippen LogP contribution is -2.31. The van der Waals surface area contributed by atoms with Gasteiger partial charge in [-0.15, -0.1) is 0 Å². The molecule has 1 aliphatic rings. The quantitative estimate of drug-likeness (QED) is 0.818. The monoisotopic (exact) mass is 262 g/mol. The highest BCUT2D eigenvalue weighted by atomic mass is 35.5. The zero-order valence-corrected chi connectivity index (χ0v) is 10.8. The minimum Gasteiger partial charge on any atom is -0.360 e. The topological polar surface area (TPSA) is 44.9 Å². The van der Waals surface area contributed by atoms with Gasteiger partial charge in [-0.1, -0.05) is 17.7 Å². The maximum Gasteiger partial charge on any atom is 0.168 e. The van der Waals surface area contributed by atoms with Crippen LogP contribution < -0.4 is 5.32 Å². The van der Waals surface area contributed by atoms with E-state index in [0.717, 1.165) is 42.4 Å². The Hall–Kier alpha value is -1.32. The van der Waals surface area contributed by atoms with Crippen LogP contribution in [0.1, 0.15) is 23.2 Å². The molecule has 0 amide bonds. The Morgan fingerprint density at radius 1 is 1.28 bits per heavy atom. The number of hydrogen-bond acceptors (Lipinski definition) is 2. The molecular formula is C14H15ClN2O. The van der Waals surface area contributed by atoms with Crippen molar-refractivity contribution < 1.29 is 4.79 Å². The fraction of sp³-hybridized carbons (Fsp3) is 0.357. The fourth-order valence-electron chi connectivity index (χ4n) is 2.61. The number of hydrogen-bond donors (Lipinski definition) is 2. The number of rotatable bonds is 2. The van der Waals surface area contributed by atoms with Crippen LogP contribution in [0.3, 0.4) is 0 Å². The molecule has 1 aromatic carbocycles. The predicted molar refractivity (Wildman–Crippen MR) is 73.2 cm³/mol. The molecule has 1 saturated heterocycles. The predicted octanol–water partition coefficient (Wildman–Crippen LogP) is 3.00. The lowest BCUT2D eigenvalue weighted by molar-refractivity contribution is 0.0897. The third-order valence-electron chi connectivity index (χ3n) is 3.62. The normalized spacial score (nSPS) is 17.2. The highest BCUT2D eigenvalue weighted by Crippen LogP contribution is 2.26. The first kappa shape index (κ1) is 11.8. The van der Waals surface area contributed by atoms with Crippen molar-refractivity contribution in [3.8, 4) is 0 Å². The van der Waals surface area contributed by atoms with Crippen molar-refractivity contribution >= 4 is 28.3 Å². The molecule has 1 aliphatic heterocycles. The second kappa shape index (κ2) is 4.75. The van der Waals surface area contributed by atoms with Crippen molar-refractivity contribution in [1.29, 1.82) is 0 Å². The number of aromatic amines is 1. The van der Waals surface area contributed by atoms with Crippen LogP contribution in [0.2, 0.25) is 5.02 Å². The molecule has 0 saturated carbocycles. The Morgan fingerprint density at radius 3 is 2.83 bits per heavy atom. The van der Waals surface area contributed by atoms with Gasteiger partial charge >= 0.3 is 0 Å². The number of nitrogens with one attached hydrogen (secondary N) is 2. The Balaban J connectivity index is 1.96. The van der Waals surface area contributed by atoms with Crippen LogP contribution in [0.4, 0.5) is 0 Å². The zero-order chi connectivity index (χ0) is 12.5. The molecule has 0 radical (unpaired) electrons. The highest BCUT2D eigenvalue weighted by Gasteiger charge is 2.24. The first-order valence-electron chi connectivity index (χ1n) is 6.27. The summed E-state index contributed by atoms with van der Waals surface area (Å²) in [5, 5.41) is 4.94. The first-order chi connectivity index (χ1) is 8.75. The first-order valence-corrected chi connectivity index (χ1v) is 6.65. The second-order valence-corrected chi connectivity index (χ2v) is 5.22. The average Bonchev–Trinajstić information content (AvgIpc) is 2.81. The molecule has 94 valence electrons. The minimum absolute atomic E-state index is 0.154. The van der Waals surface area contributed by atoms with Gasteiger partial charge < -0.3 is 10.3 Å². The molecule has 4 heteroatoms. The molecule has 0 atom stereocenters. The molecule has 0 bridgehead atoms. The van der Waals surface area contributed by atoms with Crippen molar-refractivity contribution in [1.82, 2.24) is 10.3 Å². The Kier molecular flexibility index (Phi) is 3.10. The maximum absolute atomic E-state index is 12.5. The average molecular weight is 263 g/mol. The molecular weight excluding hydrogens is 248 g/mol. The summed E-state index contributed by atoms with van der Waals surface area (Å²) < 4.78 is 0. The SMILES string of the molecule is O=C(c1c[nH]c2cc(Cl)ccc12)C1CCNCC1. The van der Waals surface area contributed by atoms with Crippen molar-refractivity contribution in [2.45, 2.75) is 12.8 Å². The smallest absolute Gasteiger partial charge is 0.168 e. The van der Waals surface area contributed by atoms with Gasteiger partial charge in [0.25, 0.3) is 0 Å². The number of ketones is 1. The molecule has 1 fully saturated rings. The molecule has 3 nitrogen and oxygen atoms in total. The van der Waals surface area contributed by atoms with Crippen molar-refractivity contribution in [2.24, 2.45) is 5.92 Å². The zero-order valence-electron chi connectivity index (χ0n) is 10.0. The van der Waals surface area contributed by atoms with Crippen LogP contribution in [-0.4, -0.2) is 23.9 Å². The summed E-state index contributed by atoms with van der Waals surface area (Å²) in [6.07, 6.45) is 3.67. The van der Waals surface area contributed by atoms with E-state index >= 15 is 0 Å². The van der Waals surface area contributed by atoms with Crippen LogP contribution in [0.25, 0.3) is 10.9 Å². The molecule has 3 rings (SSSR count). The van der Waals surface area contributed by atoms with Gasteiger partial charge in [-0.2, -0.15) is 0 Å². The summed E-state index contributed by atoms with van der Waals surface area (Å²) in [4.78, 5) is 15.6. The molecule has 1 aromatic heterocycles. The molecule has 2 N–H and O–H groups in total. The number of carbonyl (C=O) groups is 1. The molecule has 2 heterocycles. The van der Waals surface area contributed by atoms with Gasteiger partial charge in [-0.25, -0.2) is 0 Å². The van der Waals surface area contributed by atoms with Crippen LogP contribution in [-0.2, 0) is 0 Å². The van der Waals surface area contributed by atoms with Gasteiger partial charge in [-0.05, 0) is 38.1 Å². The van der Waals surface area contributed by atoms with Crippen LogP contribution in [0.15, 0.2) is 24.4 Å². The Labute approximate surface area is 111 Å². The highest BCUT2D eigenvalue weighted by molar-refractivity contribution is 6.31. The molecule has 0 spiro atoms. The number of Topliss-reactive ketones (excluding diaryl/α,β-unsaturated/α-hetero) is 1. The van der Waals surface area contributed by atoms with E-state index in [-0.39, 0.29) is 11.7 Å². The van der Waals surface area contributed by atoms with Gasteiger partial charge in [0.2, 0.25) is 0 Å². The van der Waals surface area contributed by atoms with E-state index in [9.17, 15) is 4.79 Å². The third kappa shape index (κ3) is 2.04. The number of H-pyrrole nitrogens is 1.